The Bertz CT molecular complexity index is 75.3. The summed E-state index contributed by atoms with van der Waals surface area (Å²) in [5, 5.41) is 0.928. The van der Waals surface area contributed by atoms with Gasteiger partial charge >= 0.3 is 0 Å². The van der Waals surface area contributed by atoms with Gasteiger partial charge in [-0.25, -0.2) is 0 Å². The second kappa shape index (κ2) is 6.74. The minimum atomic E-state index is 0.414. The summed E-state index contributed by atoms with van der Waals surface area (Å²) in [5.74, 6) is 0.851. The Morgan fingerprint density at radius 2 is 1.80 bits per heavy atom. The largest absolute Gasteiger partial charge is 0.178 e. The van der Waals surface area contributed by atoms with E-state index in [1.165, 1.54) is 12.8 Å². The van der Waals surface area contributed by atoms with Gasteiger partial charge in [-0.15, -0.1) is 0 Å². The molecule has 0 aromatic carbocycles. The van der Waals surface area contributed by atoms with Crippen LogP contribution in [0.25, 0.3) is 0 Å². The summed E-state index contributed by atoms with van der Waals surface area (Å²) >= 11 is 12.9. The molecular weight excluding hydrogens is 180 g/mol. The van der Waals surface area contributed by atoms with Crippen molar-refractivity contribution in [3.05, 3.63) is 0 Å². The molecule has 0 aliphatic carbocycles. The summed E-state index contributed by atoms with van der Waals surface area (Å²) in [6.07, 6.45) is 3.47. The van der Waals surface area contributed by atoms with E-state index in [2.05, 4.69) is 44.8 Å². The smallest absolute Gasteiger partial charge is 0.0115 e. The van der Waals surface area contributed by atoms with Gasteiger partial charge in [0.25, 0.3) is 0 Å². The maximum absolute atomic E-state index is 4.42. The van der Waals surface area contributed by atoms with Crippen LogP contribution < -0.4 is 0 Å². The SMILES string of the molecule is CCCC(S)CC(S)CS. The van der Waals surface area contributed by atoms with Gasteiger partial charge in [-0.1, -0.05) is 13.3 Å². The molecule has 0 aromatic rings. The first kappa shape index (κ1) is 11.1. The normalized spacial score (nSPS) is 16.8. The van der Waals surface area contributed by atoms with E-state index in [4.69, 9.17) is 0 Å². The average Bonchev–Trinajstić information content (AvgIpc) is 1.88. The molecular formula is C7H16S3. The van der Waals surface area contributed by atoms with Crippen molar-refractivity contribution in [1.29, 1.82) is 0 Å². The highest BCUT2D eigenvalue weighted by atomic mass is 32.1. The molecule has 0 saturated heterocycles. The van der Waals surface area contributed by atoms with Gasteiger partial charge in [-0.3, -0.25) is 0 Å². The van der Waals surface area contributed by atoms with Crippen molar-refractivity contribution >= 4 is 37.9 Å². The van der Waals surface area contributed by atoms with E-state index in [0.717, 1.165) is 12.2 Å². The van der Waals surface area contributed by atoms with E-state index in [0.29, 0.717) is 10.5 Å². The monoisotopic (exact) mass is 196 g/mol. The van der Waals surface area contributed by atoms with Crippen LogP contribution in [0.1, 0.15) is 26.2 Å². The highest BCUT2D eigenvalue weighted by Gasteiger charge is 2.06. The Balaban J connectivity index is 3.27. The number of hydrogen-bond acceptors (Lipinski definition) is 3. The Hall–Kier alpha value is 1.05. The maximum atomic E-state index is 4.42. The van der Waals surface area contributed by atoms with Crippen molar-refractivity contribution in [3.8, 4) is 0 Å². The summed E-state index contributed by atoms with van der Waals surface area (Å²) in [7, 11) is 0. The Labute approximate surface area is 80.4 Å². The number of hydrogen-bond donors (Lipinski definition) is 3. The Morgan fingerprint density at radius 3 is 2.20 bits per heavy atom. The maximum Gasteiger partial charge on any atom is 0.0115 e. The van der Waals surface area contributed by atoms with Gasteiger partial charge in [-0.05, 0) is 12.8 Å². The van der Waals surface area contributed by atoms with E-state index in [1.54, 1.807) is 0 Å². The minimum Gasteiger partial charge on any atom is -0.178 e. The van der Waals surface area contributed by atoms with Crippen molar-refractivity contribution in [2.45, 2.75) is 36.7 Å². The summed E-state index contributed by atoms with van der Waals surface area (Å²) in [5.41, 5.74) is 0. The predicted molar refractivity (Wildman–Crippen MR) is 58.9 cm³/mol. The Morgan fingerprint density at radius 1 is 1.20 bits per heavy atom. The molecule has 10 heavy (non-hydrogen) atoms. The van der Waals surface area contributed by atoms with Gasteiger partial charge in [0.2, 0.25) is 0 Å². The first-order valence-electron chi connectivity index (χ1n) is 3.67. The van der Waals surface area contributed by atoms with E-state index < -0.39 is 0 Å². The lowest BCUT2D eigenvalue weighted by Gasteiger charge is -2.12. The molecule has 0 fully saturated rings. The highest BCUT2D eigenvalue weighted by molar-refractivity contribution is 7.84. The predicted octanol–water partition coefficient (Wildman–Crippen LogP) is 2.70. The second-order valence-electron chi connectivity index (χ2n) is 2.51. The average molecular weight is 196 g/mol. The highest BCUT2D eigenvalue weighted by Crippen LogP contribution is 2.15. The van der Waals surface area contributed by atoms with Gasteiger partial charge in [0.05, 0.1) is 0 Å². The van der Waals surface area contributed by atoms with Crippen LogP contribution >= 0.6 is 37.9 Å². The first-order chi connectivity index (χ1) is 4.70. The van der Waals surface area contributed by atoms with E-state index >= 15 is 0 Å². The molecule has 3 heteroatoms. The van der Waals surface area contributed by atoms with E-state index in [1.807, 2.05) is 0 Å². The lowest BCUT2D eigenvalue weighted by atomic mass is 10.1. The van der Waals surface area contributed by atoms with Crippen LogP contribution in [-0.2, 0) is 0 Å². The van der Waals surface area contributed by atoms with Crippen molar-refractivity contribution in [1.82, 2.24) is 0 Å². The molecule has 0 N–H and O–H groups in total. The van der Waals surface area contributed by atoms with Gasteiger partial charge in [0, 0.05) is 16.3 Å². The summed E-state index contributed by atoms with van der Waals surface area (Å²) in [6.45, 7) is 2.18. The molecule has 0 aromatic heterocycles. The molecule has 0 bridgehead atoms. The zero-order chi connectivity index (χ0) is 7.98. The molecule has 2 unspecified atom stereocenters. The topological polar surface area (TPSA) is 0 Å². The van der Waals surface area contributed by atoms with Crippen LogP contribution in [-0.4, -0.2) is 16.3 Å². The second-order valence-corrected chi connectivity index (χ2v) is 4.34. The van der Waals surface area contributed by atoms with Crippen LogP contribution in [0.15, 0.2) is 0 Å². The standard InChI is InChI=1S/C7H16S3/c1-2-3-6(9)4-7(10)5-8/h6-10H,2-5H2,1H3. The fourth-order valence-corrected chi connectivity index (χ4v) is 1.92. The van der Waals surface area contributed by atoms with Gasteiger partial charge in [0.1, 0.15) is 0 Å². The van der Waals surface area contributed by atoms with Crippen LogP contribution in [0.3, 0.4) is 0 Å². The number of rotatable bonds is 5. The zero-order valence-electron chi connectivity index (χ0n) is 6.32. The molecule has 62 valence electrons. The van der Waals surface area contributed by atoms with Crippen LogP contribution in [0.4, 0.5) is 0 Å². The minimum absolute atomic E-state index is 0.414. The zero-order valence-corrected chi connectivity index (χ0v) is 9.01. The summed E-state index contributed by atoms with van der Waals surface area (Å²) < 4.78 is 0. The van der Waals surface area contributed by atoms with E-state index in [-0.39, 0.29) is 0 Å². The lowest BCUT2D eigenvalue weighted by molar-refractivity contribution is 0.690. The van der Waals surface area contributed by atoms with Crippen LogP contribution in [0.5, 0.6) is 0 Å². The quantitative estimate of drug-likeness (QED) is 0.553. The molecule has 0 aliphatic heterocycles. The lowest BCUT2D eigenvalue weighted by Crippen LogP contribution is -2.09. The molecule has 0 nitrogen and oxygen atoms in total. The molecule has 0 spiro atoms. The number of thiol groups is 3. The third kappa shape index (κ3) is 5.81. The van der Waals surface area contributed by atoms with Crippen LogP contribution in [0, 0.1) is 0 Å². The summed E-state index contributed by atoms with van der Waals surface area (Å²) in [4.78, 5) is 0. The molecule has 0 radical (unpaired) electrons. The molecule has 0 amide bonds. The van der Waals surface area contributed by atoms with Crippen molar-refractivity contribution in [3.63, 3.8) is 0 Å². The molecule has 0 aliphatic rings. The molecule has 0 saturated carbocycles. The molecule has 2 atom stereocenters. The summed E-state index contributed by atoms with van der Waals surface area (Å²) in [6, 6.07) is 0. The Kier molecular flexibility index (Phi) is 7.45. The van der Waals surface area contributed by atoms with Gasteiger partial charge in [0.15, 0.2) is 0 Å². The van der Waals surface area contributed by atoms with Crippen LogP contribution in [0.2, 0.25) is 0 Å². The van der Waals surface area contributed by atoms with Crippen molar-refractivity contribution in [2.24, 2.45) is 0 Å². The fourth-order valence-electron chi connectivity index (χ4n) is 0.840. The fraction of sp³-hybridized carbons (Fsp3) is 1.00. The molecule has 0 heterocycles. The van der Waals surface area contributed by atoms with Crippen molar-refractivity contribution in [2.75, 3.05) is 5.75 Å². The first-order valence-corrected chi connectivity index (χ1v) is 5.34. The third-order valence-electron chi connectivity index (χ3n) is 1.38. The van der Waals surface area contributed by atoms with Crippen molar-refractivity contribution < 1.29 is 0 Å². The third-order valence-corrected chi connectivity index (χ3v) is 2.97. The van der Waals surface area contributed by atoms with Gasteiger partial charge < -0.3 is 0 Å². The molecule has 0 rings (SSSR count). The van der Waals surface area contributed by atoms with Gasteiger partial charge in [-0.2, -0.15) is 37.9 Å². The van der Waals surface area contributed by atoms with E-state index in [9.17, 15) is 0 Å².